The van der Waals surface area contributed by atoms with Crippen molar-refractivity contribution in [2.75, 3.05) is 33.7 Å². The maximum Gasteiger partial charge on any atom is 0.132 e. The lowest BCUT2D eigenvalue weighted by molar-refractivity contribution is 0.113. The molecule has 106 valence electrons. The molecule has 1 aliphatic rings. The van der Waals surface area contributed by atoms with Gasteiger partial charge in [-0.05, 0) is 27.4 Å². The lowest BCUT2D eigenvalue weighted by atomic mass is 10.1. The van der Waals surface area contributed by atoms with Gasteiger partial charge in [0.2, 0.25) is 0 Å². The van der Waals surface area contributed by atoms with Crippen LogP contribution in [-0.4, -0.2) is 59.5 Å². The highest BCUT2D eigenvalue weighted by Crippen LogP contribution is 2.13. The number of H-pyrrole nitrogens is 1. The molecule has 1 N–H and O–H groups in total. The average molecular weight is 280 g/mol. The zero-order chi connectivity index (χ0) is 14.0. The molecule has 1 fully saturated rings. The Morgan fingerprint density at radius 3 is 2.79 bits per heavy atom. The van der Waals surface area contributed by atoms with Crippen molar-refractivity contribution >= 4 is 12.2 Å². The zero-order valence-corrected chi connectivity index (χ0v) is 13.2. The number of hydrogen-bond acceptors (Lipinski definition) is 4. The Morgan fingerprint density at radius 1 is 1.37 bits per heavy atom. The molecule has 2 heterocycles. The maximum atomic E-state index is 5.36. The van der Waals surface area contributed by atoms with Gasteiger partial charge < -0.3 is 14.8 Å². The van der Waals surface area contributed by atoms with Gasteiger partial charge in [0.1, 0.15) is 10.5 Å². The normalized spacial score (nSPS) is 21.8. The summed E-state index contributed by atoms with van der Waals surface area (Å²) < 4.78 is 0.748. The van der Waals surface area contributed by atoms with E-state index in [1.807, 2.05) is 0 Å². The summed E-state index contributed by atoms with van der Waals surface area (Å²) in [7, 11) is 4.38. The van der Waals surface area contributed by atoms with E-state index in [4.69, 9.17) is 12.2 Å². The topological polar surface area (TPSA) is 35.2 Å². The molecule has 4 nitrogen and oxygen atoms in total. The predicted molar refractivity (Wildman–Crippen MR) is 81.2 cm³/mol. The molecule has 1 aromatic rings. The Kier molecular flexibility index (Phi) is 4.71. The SMILES string of the molecule is CCc1[nH]c(CC2CN(C)CCN2C)nc(=S)c1C. The number of likely N-dealkylation sites (N-methyl/N-ethyl adjacent to an activating group) is 2. The Bertz CT molecular complexity index is 497. The van der Waals surface area contributed by atoms with Gasteiger partial charge in [0.25, 0.3) is 0 Å². The van der Waals surface area contributed by atoms with Gasteiger partial charge >= 0.3 is 0 Å². The molecule has 0 spiro atoms. The minimum Gasteiger partial charge on any atom is -0.347 e. The van der Waals surface area contributed by atoms with Crippen LogP contribution in [0.15, 0.2) is 0 Å². The Morgan fingerprint density at radius 2 is 2.11 bits per heavy atom. The van der Waals surface area contributed by atoms with Gasteiger partial charge in [-0.2, -0.15) is 0 Å². The Balaban J connectivity index is 2.18. The molecule has 0 aromatic carbocycles. The van der Waals surface area contributed by atoms with Gasteiger partial charge in [-0.25, -0.2) is 4.98 Å². The second-order valence-corrected chi connectivity index (χ2v) is 5.93. The molecule has 1 saturated heterocycles. The second kappa shape index (κ2) is 6.11. The Labute approximate surface area is 120 Å². The molecule has 0 aliphatic carbocycles. The second-order valence-electron chi connectivity index (χ2n) is 5.55. The molecule has 19 heavy (non-hydrogen) atoms. The van der Waals surface area contributed by atoms with Gasteiger partial charge in [0.05, 0.1) is 0 Å². The lowest BCUT2D eigenvalue weighted by Gasteiger charge is -2.37. The van der Waals surface area contributed by atoms with Crippen LogP contribution in [0.5, 0.6) is 0 Å². The Hall–Kier alpha value is -0.780. The van der Waals surface area contributed by atoms with Crippen LogP contribution in [0, 0.1) is 11.6 Å². The van der Waals surface area contributed by atoms with Crippen LogP contribution in [0.2, 0.25) is 0 Å². The largest absolute Gasteiger partial charge is 0.347 e. The smallest absolute Gasteiger partial charge is 0.132 e. The summed E-state index contributed by atoms with van der Waals surface area (Å²) in [5.41, 5.74) is 2.34. The van der Waals surface area contributed by atoms with Crippen molar-refractivity contribution < 1.29 is 0 Å². The average Bonchev–Trinajstić information content (AvgIpc) is 2.38. The molecule has 0 radical (unpaired) electrons. The number of nitrogens with one attached hydrogen (secondary N) is 1. The summed E-state index contributed by atoms with van der Waals surface area (Å²) in [5.74, 6) is 1.03. The number of aromatic amines is 1. The van der Waals surface area contributed by atoms with Crippen molar-refractivity contribution in [2.24, 2.45) is 0 Å². The van der Waals surface area contributed by atoms with Gasteiger partial charge in [-0.1, -0.05) is 19.1 Å². The van der Waals surface area contributed by atoms with Crippen LogP contribution >= 0.6 is 12.2 Å². The molecule has 5 heteroatoms. The minimum atomic E-state index is 0.518. The monoisotopic (exact) mass is 280 g/mol. The lowest BCUT2D eigenvalue weighted by Crippen LogP contribution is -2.51. The number of rotatable bonds is 3. The summed E-state index contributed by atoms with van der Waals surface area (Å²) in [6.07, 6.45) is 1.92. The molecule has 0 saturated carbocycles. The van der Waals surface area contributed by atoms with Crippen molar-refractivity contribution in [1.82, 2.24) is 19.8 Å². The molecule has 1 unspecified atom stereocenters. The summed E-state index contributed by atoms with van der Waals surface area (Å²) in [6.45, 7) is 7.56. The first kappa shape index (κ1) is 14.6. The van der Waals surface area contributed by atoms with Gasteiger partial charge in [-0.3, -0.25) is 0 Å². The molecule has 1 atom stereocenters. The number of aromatic nitrogens is 2. The fraction of sp³-hybridized carbons (Fsp3) is 0.714. The standard InChI is InChI=1S/C14H24N4S/c1-5-12-10(2)14(19)16-13(15-12)8-11-9-17(3)6-7-18(11)4/h11H,5-9H2,1-4H3,(H,15,16,19). The van der Waals surface area contributed by atoms with Crippen LogP contribution in [0.4, 0.5) is 0 Å². The molecule has 1 aliphatic heterocycles. The molecular weight excluding hydrogens is 256 g/mol. The first-order chi connectivity index (χ1) is 9.01. The zero-order valence-electron chi connectivity index (χ0n) is 12.4. The minimum absolute atomic E-state index is 0.518. The van der Waals surface area contributed by atoms with Crippen molar-refractivity contribution in [1.29, 1.82) is 0 Å². The highest BCUT2D eigenvalue weighted by atomic mass is 32.1. The predicted octanol–water partition coefficient (Wildman–Crippen LogP) is 1.80. The summed E-state index contributed by atoms with van der Waals surface area (Å²) in [6, 6.07) is 0.518. The highest BCUT2D eigenvalue weighted by molar-refractivity contribution is 7.71. The van der Waals surface area contributed by atoms with Gasteiger partial charge in [-0.15, -0.1) is 0 Å². The van der Waals surface area contributed by atoms with E-state index in [0.717, 1.165) is 48.5 Å². The molecular formula is C14H24N4S. The van der Waals surface area contributed by atoms with E-state index in [2.05, 4.69) is 47.7 Å². The van der Waals surface area contributed by atoms with E-state index in [1.54, 1.807) is 0 Å². The molecule has 0 bridgehead atoms. The third-order valence-corrected chi connectivity index (χ3v) is 4.47. The summed E-state index contributed by atoms with van der Waals surface area (Å²) >= 11 is 5.36. The van der Waals surface area contributed by atoms with Crippen molar-refractivity contribution in [3.05, 3.63) is 21.7 Å². The quantitative estimate of drug-likeness (QED) is 0.856. The molecule has 1 aromatic heterocycles. The van der Waals surface area contributed by atoms with Crippen LogP contribution in [0.3, 0.4) is 0 Å². The number of hydrogen-bond donors (Lipinski definition) is 1. The van der Waals surface area contributed by atoms with E-state index in [0.29, 0.717) is 6.04 Å². The van der Waals surface area contributed by atoms with Crippen LogP contribution in [-0.2, 0) is 12.8 Å². The van der Waals surface area contributed by atoms with Crippen molar-refractivity contribution in [3.8, 4) is 0 Å². The fourth-order valence-corrected chi connectivity index (χ4v) is 2.86. The number of aryl methyl sites for hydroxylation is 1. The summed E-state index contributed by atoms with van der Waals surface area (Å²) in [4.78, 5) is 12.8. The third-order valence-electron chi connectivity index (χ3n) is 4.07. The van der Waals surface area contributed by atoms with E-state index < -0.39 is 0 Å². The fourth-order valence-electron chi connectivity index (χ4n) is 2.63. The van der Waals surface area contributed by atoms with Crippen LogP contribution < -0.4 is 0 Å². The first-order valence-electron chi connectivity index (χ1n) is 6.98. The number of nitrogens with zero attached hydrogens (tertiary/aromatic N) is 3. The van der Waals surface area contributed by atoms with Crippen LogP contribution in [0.25, 0.3) is 0 Å². The molecule has 0 amide bonds. The van der Waals surface area contributed by atoms with E-state index in [-0.39, 0.29) is 0 Å². The van der Waals surface area contributed by atoms with E-state index >= 15 is 0 Å². The van der Waals surface area contributed by atoms with Gasteiger partial charge in [0, 0.05) is 43.4 Å². The van der Waals surface area contributed by atoms with Gasteiger partial charge in [0.15, 0.2) is 0 Å². The van der Waals surface area contributed by atoms with E-state index in [1.165, 1.54) is 5.69 Å². The highest BCUT2D eigenvalue weighted by Gasteiger charge is 2.23. The van der Waals surface area contributed by atoms with Crippen molar-refractivity contribution in [2.45, 2.75) is 32.7 Å². The van der Waals surface area contributed by atoms with Crippen molar-refractivity contribution in [3.63, 3.8) is 0 Å². The maximum absolute atomic E-state index is 5.36. The number of piperazine rings is 1. The third kappa shape index (κ3) is 3.41. The van der Waals surface area contributed by atoms with Crippen LogP contribution in [0.1, 0.15) is 24.0 Å². The van der Waals surface area contributed by atoms with E-state index in [9.17, 15) is 0 Å². The summed E-state index contributed by atoms with van der Waals surface area (Å²) in [5, 5.41) is 0. The molecule has 2 rings (SSSR count). The first-order valence-corrected chi connectivity index (χ1v) is 7.39.